The maximum Gasteiger partial charge on any atom is 0.250 e. The standard InChI is InChI=1S/C20H34N4O.HI/c1-17(2)15-20(10-8-11-20)16-23-19(21-3)22-12-5-7-14-24-13-6-4-9-18(24)25;/h4,6,9,13,17H,5,7-8,10-12,14-16H2,1-3H3,(H2,21,22,23);1H. The van der Waals surface area contributed by atoms with Gasteiger partial charge >= 0.3 is 0 Å². The van der Waals surface area contributed by atoms with Crippen molar-refractivity contribution in [1.82, 2.24) is 15.2 Å². The fraction of sp³-hybridized carbons (Fsp3) is 0.700. The molecule has 6 heteroatoms. The van der Waals surface area contributed by atoms with E-state index in [1.807, 2.05) is 19.3 Å². The van der Waals surface area contributed by atoms with E-state index in [1.54, 1.807) is 16.7 Å². The Morgan fingerprint density at radius 2 is 2.04 bits per heavy atom. The molecule has 0 radical (unpaired) electrons. The Hall–Kier alpha value is -1.05. The van der Waals surface area contributed by atoms with Gasteiger partial charge in [0.15, 0.2) is 5.96 Å². The van der Waals surface area contributed by atoms with Crippen molar-refractivity contribution in [2.75, 3.05) is 20.1 Å². The first-order chi connectivity index (χ1) is 12.0. The summed E-state index contributed by atoms with van der Waals surface area (Å²) in [5.74, 6) is 1.64. The normalized spacial score (nSPS) is 15.9. The summed E-state index contributed by atoms with van der Waals surface area (Å²) in [4.78, 5) is 16.0. The van der Waals surface area contributed by atoms with Crippen LogP contribution in [0, 0.1) is 11.3 Å². The topological polar surface area (TPSA) is 58.4 Å². The lowest BCUT2D eigenvalue weighted by Gasteiger charge is -2.43. The van der Waals surface area contributed by atoms with Gasteiger partial charge in [-0.15, -0.1) is 24.0 Å². The van der Waals surface area contributed by atoms with Gasteiger partial charge in [-0.25, -0.2) is 0 Å². The van der Waals surface area contributed by atoms with Gasteiger partial charge in [-0.2, -0.15) is 0 Å². The number of aliphatic imine (C=N–C) groups is 1. The zero-order chi connectivity index (χ0) is 18.1. The number of halogens is 1. The molecule has 0 spiro atoms. The van der Waals surface area contributed by atoms with Crippen LogP contribution in [-0.2, 0) is 6.54 Å². The smallest absolute Gasteiger partial charge is 0.250 e. The Labute approximate surface area is 175 Å². The molecule has 0 atom stereocenters. The van der Waals surface area contributed by atoms with Gasteiger partial charge < -0.3 is 15.2 Å². The zero-order valence-corrected chi connectivity index (χ0v) is 18.8. The van der Waals surface area contributed by atoms with Gasteiger partial charge in [-0.3, -0.25) is 9.79 Å². The quantitative estimate of drug-likeness (QED) is 0.249. The number of guanidine groups is 1. The molecule has 0 bridgehead atoms. The number of hydrogen-bond donors (Lipinski definition) is 2. The van der Waals surface area contributed by atoms with Crippen molar-refractivity contribution in [3.63, 3.8) is 0 Å². The minimum atomic E-state index is 0. The molecule has 5 nitrogen and oxygen atoms in total. The van der Waals surface area contributed by atoms with Crippen LogP contribution in [0.4, 0.5) is 0 Å². The maximum absolute atomic E-state index is 11.6. The molecule has 0 amide bonds. The summed E-state index contributed by atoms with van der Waals surface area (Å²) in [6, 6.07) is 5.29. The Morgan fingerprint density at radius 1 is 1.27 bits per heavy atom. The highest BCUT2D eigenvalue weighted by molar-refractivity contribution is 14.0. The number of aromatic nitrogens is 1. The summed E-state index contributed by atoms with van der Waals surface area (Å²) in [7, 11) is 1.83. The average molecular weight is 474 g/mol. The first-order valence-corrected chi connectivity index (χ1v) is 9.65. The fourth-order valence-corrected chi connectivity index (χ4v) is 3.75. The second-order valence-electron chi connectivity index (χ2n) is 7.74. The van der Waals surface area contributed by atoms with E-state index in [2.05, 4.69) is 29.5 Å². The maximum atomic E-state index is 11.6. The number of nitrogens with one attached hydrogen (secondary N) is 2. The van der Waals surface area contributed by atoms with Crippen LogP contribution >= 0.6 is 24.0 Å². The second kappa shape index (κ2) is 11.6. The van der Waals surface area contributed by atoms with Gasteiger partial charge in [-0.1, -0.05) is 26.3 Å². The van der Waals surface area contributed by atoms with Crippen LogP contribution in [0.15, 0.2) is 34.2 Å². The molecular formula is C20H35IN4O. The molecule has 1 saturated carbocycles. The molecule has 148 valence electrons. The molecule has 1 aliphatic rings. The van der Waals surface area contributed by atoms with Crippen LogP contribution in [0.25, 0.3) is 0 Å². The van der Waals surface area contributed by atoms with E-state index in [4.69, 9.17) is 0 Å². The van der Waals surface area contributed by atoms with Crippen molar-refractivity contribution in [2.24, 2.45) is 16.3 Å². The van der Waals surface area contributed by atoms with E-state index in [-0.39, 0.29) is 29.5 Å². The van der Waals surface area contributed by atoms with Gasteiger partial charge in [0.05, 0.1) is 0 Å². The number of pyridine rings is 1. The summed E-state index contributed by atoms with van der Waals surface area (Å²) in [5.41, 5.74) is 0.546. The lowest BCUT2D eigenvalue weighted by atomic mass is 9.64. The minimum absolute atomic E-state index is 0. The molecule has 1 aliphatic carbocycles. The van der Waals surface area contributed by atoms with Crippen LogP contribution in [0.2, 0.25) is 0 Å². The molecule has 0 aromatic carbocycles. The van der Waals surface area contributed by atoms with Crippen LogP contribution in [-0.4, -0.2) is 30.7 Å². The highest BCUT2D eigenvalue weighted by Gasteiger charge is 2.37. The Balaban J connectivity index is 0.00000338. The van der Waals surface area contributed by atoms with E-state index < -0.39 is 0 Å². The fourth-order valence-electron chi connectivity index (χ4n) is 3.75. The van der Waals surface area contributed by atoms with E-state index in [9.17, 15) is 4.79 Å². The van der Waals surface area contributed by atoms with E-state index >= 15 is 0 Å². The van der Waals surface area contributed by atoms with Crippen molar-refractivity contribution in [3.8, 4) is 0 Å². The van der Waals surface area contributed by atoms with E-state index in [1.165, 1.54) is 25.7 Å². The third-order valence-electron chi connectivity index (χ3n) is 5.13. The molecule has 2 rings (SSSR count). The van der Waals surface area contributed by atoms with Crippen LogP contribution in [0.5, 0.6) is 0 Å². The third-order valence-corrected chi connectivity index (χ3v) is 5.13. The lowest BCUT2D eigenvalue weighted by Crippen LogP contribution is -2.47. The summed E-state index contributed by atoms with van der Waals surface area (Å²) < 4.78 is 1.76. The molecule has 26 heavy (non-hydrogen) atoms. The Kier molecular flexibility index (Phi) is 10.3. The minimum Gasteiger partial charge on any atom is -0.356 e. The first-order valence-electron chi connectivity index (χ1n) is 9.65. The monoisotopic (exact) mass is 474 g/mol. The van der Waals surface area contributed by atoms with Crippen molar-refractivity contribution in [2.45, 2.75) is 58.9 Å². The van der Waals surface area contributed by atoms with E-state index in [0.717, 1.165) is 44.4 Å². The number of aryl methyl sites for hydroxylation is 1. The van der Waals surface area contributed by atoms with Crippen LogP contribution < -0.4 is 16.2 Å². The first kappa shape index (κ1) is 23.0. The van der Waals surface area contributed by atoms with Gasteiger partial charge in [0.2, 0.25) is 5.56 Å². The molecule has 1 fully saturated rings. The molecule has 0 unspecified atom stereocenters. The van der Waals surface area contributed by atoms with Gasteiger partial charge in [0.25, 0.3) is 0 Å². The lowest BCUT2D eigenvalue weighted by molar-refractivity contribution is 0.104. The molecule has 1 heterocycles. The Bertz CT molecular complexity index is 608. The molecule has 0 saturated heterocycles. The number of rotatable bonds is 9. The number of nitrogens with zero attached hydrogens (tertiary/aromatic N) is 2. The predicted molar refractivity (Wildman–Crippen MR) is 120 cm³/mol. The van der Waals surface area contributed by atoms with Gasteiger partial charge in [-0.05, 0) is 49.5 Å². The van der Waals surface area contributed by atoms with Gasteiger partial charge in [0.1, 0.15) is 0 Å². The molecule has 2 N–H and O–H groups in total. The highest BCUT2D eigenvalue weighted by Crippen LogP contribution is 2.45. The number of hydrogen-bond acceptors (Lipinski definition) is 2. The second-order valence-corrected chi connectivity index (χ2v) is 7.74. The summed E-state index contributed by atoms with van der Waals surface area (Å²) >= 11 is 0. The van der Waals surface area contributed by atoms with Gasteiger partial charge in [0, 0.05) is 38.9 Å². The molecule has 1 aromatic heterocycles. The van der Waals surface area contributed by atoms with Crippen LogP contribution in [0.3, 0.4) is 0 Å². The van der Waals surface area contributed by atoms with E-state index in [0.29, 0.717) is 5.41 Å². The van der Waals surface area contributed by atoms with Crippen LogP contribution in [0.1, 0.15) is 52.4 Å². The summed E-state index contributed by atoms with van der Waals surface area (Å²) in [6.45, 7) is 7.28. The number of unbranched alkanes of at least 4 members (excludes halogenated alkanes) is 1. The largest absolute Gasteiger partial charge is 0.356 e. The summed E-state index contributed by atoms with van der Waals surface area (Å²) in [5, 5.41) is 6.91. The third kappa shape index (κ3) is 7.29. The summed E-state index contributed by atoms with van der Waals surface area (Å²) in [6.07, 6.45) is 9.16. The average Bonchev–Trinajstić information content (AvgIpc) is 2.55. The predicted octanol–water partition coefficient (Wildman–Crippen LogP) is 3.63. The molecule has 0 aliphatic heterocycles. The Morgan fingerprint density at radius 3 is 2.62 bits per heavy atom. The van der Waals surface area contributed by atoms with Crippen molar-refractivity contribution in [3.05, 3.63) is 34.7 Å². The zero-order valence-electron chi connectivity index (χ0n) is 16.5. The SMILES string of the molecule is CN=C(NCCCCn1ccccc1=O)NCC1(CC(C)C)CCC1.I. The highest BCUT2D eigenvalue weighted by atomic mass is 127. The van der Waals surface area contributed by atoms with Crippen molar-refractivity contribution >= 4 is 29.9 Å². The molecule has 1 aromatic rings. The van der Waals surface area contributed by atoms with Crippen molar-refractivity contribution in [1.29, 1.82) is 0 Å². The van der Waals surface area contributed by atoms with Crippen molar-refractivity contribution < 1.29 is 0 Å². The molecular weight excluding hydrogens is 439 g/mol.